The van der Waals surface area contributed by atoms with Crippen molar-refractivity contribution in [3.8, 4) is 0 Å². The first-order chi connectivity index (χ1) is 17.0. The summed E-state index contributed by atoms with van der Waals surface area (Å²) >= 11 is 12.3. The molecule has 1 heterocycles. The topological polar surface area (TPSA) is 132 Å². The standard InChI is InChI=1S/C25H21Cl2N3O5S/c1-14-18(12-22(31)29-13-15-8-10-16(11-9-15)36(28,33)34)17-4-2-7-21(24(17)35-14)30-25(32)23-19(26)5-3-6-20(23)27/h2-11H,12-13H2,1H3,(H,29,31)(H,30,32)(H2,28,33,34). The third-order valence-corrected chi connectivity index (χ3v) is 7.10. The summed E-state index contributed by atoms with van der Waals surface area (Å²) in [5.41, 5.74) is 2.38. The highest BCUT2D eigenvalue weighted by atomic mass is 35.5. The molecule has 0 aliphatic heterocycles. The van der Waals surface area contributed by atoms with Crippen molar-refractivity contribution in [2.45, 2.75) is 24.8 Å². The lowest BCUT2D eigenvalue weighted by atomic mass is 10.1. The van der Waals surface area contributed by atoms with E-state index in [0.29, 0.717) is 33.5 Å². The Morgan fingerprint density at radius 1 is 0.972 bits per heavy atom. The number of sulfonamides is 1. The van der Waals surface area contributed by atoms with Crippen LogP contribution in [0.1, 0.15) is 27.2 Å². The van der Waals surface area contributed by atoms with Gasteiger partial charge in [0.25, 0.3) is 5.91 Å². The Balaban J connectivity index is 1.49. The lowest BCUT2D eigenvalue weighted by Gasteiger charge is -2.09. The summed E-state index contributed by atoms with van der Waals surface area (Å²) in [4.78, 5) is 25.5. The minimum Gasteiger partial charge on any atom is -0.459 e. The molecule has 11 heteroatoms. The molecule has 0 aliphatic rings. The van der Waals surface area contributed by atoms with E-state index in [4.69, 9.17) is 32.8 Å². The molecule has 3 aromatic carbocycles. The molecule has 0 fully saturated rings. The third kappa shape index (κ3) is 5.55. The summed E-state index contributed by atoms with van der Waals surface area (Å²) in [7, 11) is -3.78. The van der Waals surface area contributed by atoms with Gasteiger partial charge < -0.3 is 15.1 Å². The fourth-order valence-electron chi connectivity index (χ4n) is 3.73. The van der Waals surface area contributed by atoms with Gasteiger partial charge in [0.05, 0.1) is 32.6 Å². The zero-order chi connectivity index (χ0) is 26.0. The van der Waals surface area contributed by atoms with Gasteiger partial charge in [-0.2, -0.15) is 0 Å². The van der Waals surface area contributed by atoms with E-state index in [9.17, 15) is 18.0 Å². The van der Waals surface area contributed by atoms with E-state index >= 15 is 0 Å². The molecular weight excluding hydrogens is 525 g/mol. The Bertz CT molecular complexity index is 1560. The van der Waals surface area contributed by atoms with Crippen molar-refractivity contribution in [3.63, 3.8) is 0 Å². The van der Waals surface area contributed by atoms with Crippen molar-refractivity contribution in [2.75, 3.05) is 5.32 Å². The van der Waals surface area contributed by atoms with Gasteiger partial charge in [-0.3, -0.25) is 9.59 Å². The van der Waals surface area contributed by atoms with Gasteiger partial charge in [-0.15, -0.1) is 0 Å². The number of amides is 2. The van der Waals surface area contributed by atoms with Gasteiger partial charge in [0.2, 0.25) is 15.9 Å². The van der Waals surface area contributed by atoms with E-state index in [-0.39, 0.29) is 39.4 Å². The molecule has 0 unspecified atom stereocenters. The fraction of sp³-hybridized carbons (Fsp3) is 0.120. The van der Waals surface area contributed by atoms with Gasteiger partial charge >= 0.3 is 0 Å². The SMILES string of the molecule is Cc1oc2c(NC(=O)c3c(Cl)cccc3Cl)cccc2c1CC(=O)NCc1ccc(S(N)(=O)=O)cc1. The molecule has 1 aromatic heterocycles. The molecule has 0 radical (unpaired) electrons. The third-order valence-electron chi connectivity index (χ3n) is 5.54. The van der Waals surface area contributed by atoms with Crippen LogP contribution in [0, 0.1) is 6.92 Å². The van der Waals surface area contributed by atoms with Crippen molar-refractivity contribution < 1.29 is 22.4 Å². The molecule has 0 bridgehead atoms. The number of rotatable bonds is 7. The van der Waals surface area contributed by atoms with Crippen LogP contribution in [0.25, 0.3) is 11.0 Å². The number of benzene rings is 3. The first-order valence-electron chi connectivity index (χ1n) is 10.7. The Kier molecular flexibility index (Phi) is 7.37. The number of hydrogen-bond acceptors (Lipinski definition) is 5. The van der Waals surface area contributed by atoms with Crippen LogP contribution >= 0.6 is 23.2 Å². The lowest BCUT2D eigenvalue weighted by molar-refractivity contribution is -0.120. The highest BCUT2D eigenvalue weighted by Gasteiger charge is 2.20. The number of nitrogens with two attached hydrogens (primary N) is 1. The predicted octanol–water partition coefficient (Wildman–Crippen LogP) is 4.81. The number of primary sulfonamides is 1. The van der Waals surface area contributed by atoms with Crippen LogP contribution in [0.3, 0.4) is 0 Å². The highest BCUT2D eigenvalue weighted by Crippen LogP contribution is 2.33. The van der Waals surface area contributed by atoms with Crippen LogP contribution < -0.4 is 15.8 Å². The molecule has 8 nitrogen and oxygen atoms in total. The number of para-hydroxylation sites is 1. The monoisotopic (exact) mass is 545 g/mol. The molecule has 36 heavy (non-hydrogen) atoms. The molecule has 4 aromatic rings. The largest absolute Gasteiger partial charge is 0.459 e. The van der Waals surface area contributed by atoms with Gasteiger partial charge in [-0.1, -0.05) is 53.5 Å². The Labute approximate surface area is 217 Å². The van der Waals surface area contributed by atoms with Gasteiger partial charge in [0.15, 0.2) is 5.58 Å². The number of hydrogen-bond donors (Lipinski definition) is 3. The van der Waals surface area contributed by atoms with Crippen molar-refractivity contribution in [1.82, 2.24) is 5.32 Å². The average molecular weight is 546 g/mol. The maximum Gasteiger partial charge on any atom is 0.258 e. The van der Waals surface area contributed by atoms with Crippen molar-refractivity contribution >= 4 is 61.7 Å². The van der Waals surface area contributed by atoms with E-state index in [1.807, 2.05) is 0 Å². The molecule has 0 saturated carbocycles. The number of halogens is 2. The molecule has 2 amide bonds. The second-order valence-electron chi connectivity index (χ2n) is 8.01. The number of carbonyl (C=O) groups is 2. The lowest BCUT2D eigenvalue weighted by Crippen LogP contribution is -2.24. The van der Waals surface area contributed by atoms with Crippen LogP contribution in [-0.4, -0.2) is 20.2 Å². The van der Waals surface area contributed by atoms with Crippen LogP contribution in [-0.2, 0) is 27.8 Å². The normalized spacial score (nSPS) is 11.4. The number of aryl methyl sites for hydroxylation is 1. The summed E-state index contributed by atoms with van der Waals surface area (Å²) < 4.78 is 28.7. The van der Waals surface area contributed by atoms with E-state index in [0.717, 1.165) is 0 Å². The highest BCUT2D eigenvalue weighted by molar-refractivity contribution is 7.89. The quantitative estimate of drug-likeness (QED) is 0.306. The molecule has 0 spiro atoms. The molecule has 186 valence electrons. The van der Waals surface area contributed by atoms with Gasteiger partial charge in [-0.25, -0.2) is 13.6 Å². The average Bonchev–Trinajstić information content (AvgIpc) is 3.13. The van der Waals surface area contributed by atoms with Crippen LogP contribution in [0.5, 0.6) is 0 Å². The second kappa shape index (κ2) is 10.3. The number of furan rings is 1. The molecule has 0 atom stereocenters. The number of anilines is 1. The van der Waals surface area contributed by atoms with Gasteiger partial charge in [0, 0.05) is 17.5 Å². The summed E-state index contributed by atoms with van der Waals surface area (Å²) in [6, 6.07) is 16.0. The summed E-state index contributed by atoms with van der Waals surface area (Å²) in [6.07, 6.45) is 0.0435. The van der Waals surface area contributed by atoms with Crippen molar-refractivity contribution in [2.24, 2.45) is 5.14 Å². The Morgan fingerprint density at radius 3 is 2.25 bits per heavy atom. The van der Waals surface area contributed by atoms with E-state index in [2.05, 4.69) is 10.6 Å². The molecule has 0 aliphatic carbocycles. The minimum absolute atomic E-state index is 0.00206. The fourth-order valence-corrected chi connectivity index (χ4v) is 4.81. The zero-order valence-electron chi connectivity index (χ0n) is 19.0. The number of nitrogens with one attached hydrogen (secondary N) is 2. The number of carbonyl (C=O) groups excluding carboxylic acids is 2. The van der Waals surface area contributed by atoms with Crippen LogP contribution in [0.2, 0.25) is 10.0 Å². The number of fused-ring (bicyclic) bond motifs is 1. The van der Waals surface area contributed by atoms with E-state index in [1.54, 1.807) is 55.5 Å². The maximum atomic E-state index is 12.8. The van der Waals surface area contributed by atoms with Crippen molar-refractivity contribution in [3.05, 3.63) is 93.2 Å². The summed E-state index contributed by atoms with van der Waals surface area (Å²) in [6.45, 7) is 1.95. The molecule has 0 saturated heterocycles. The van der Waals surface area contributed by atoms with Crippen LogP contribution in [0.4, 0.5) is 5.69 Å². The first-order valence-corrected chi connectivity index (χ1v) is 13.0. The minimum atomic E-state index is -3.78. The molecular formula is C25H21Cl2N3O5S. The van der Waals surface area contributed by atoms with Crippen LogP contribution in [0.15, 0.2) is 70.0 Å². The van der Waals surface area contributed by atoms with E-state index in [1.165, 1.54) is 12.1 Å². The summed E-state index contributed by atoms with van der Waals surface area (Å²) in [5.74, 6) is -0.205. The Hall–Kier alpha value is -3.37. The molecule has 4 N–H and O–H groups in total. The molecule has 4 rings (SSSR count). The first kappa shape index (κ1) is 25.7. The smallest absolute Gasteiger partial charge is 0.258 e. The predicted molar refractivity (Wildman–Crippen MR) is 139 cm³/mol. The zero-order valence-corrected chi connectivity index (χ0v) is 21.3. The van der Waals surface area contributed by atoms with E-state index < -0.39 is 15.9 Å². The summed E-state index contributed by atoms with van der Waals surface area (Å²) in [5, 5.41) is 11.8. The Morgan fingerprint density at radius 2 is 1.61 bits per heavy atom. The van der Waals surface area contributed by atoms with Gasteiger partial charge in [-0.05, 0) is 42.8 Å². The maximum absolute atomic E-state index is 12.8. The van der Waals surface area contributed by atoms with Gasteiger partial charge in [0.1, 0.15) is 5.76 Å². The second-order valence-corrected chi connectivity index (χ2v) is 10.4. The van der Waals surface area contributed by atoms with Crippen molar-refractivity contribution in [1.29, 1.82) is 0 Å².